The number of aromatic nitrogens is 1. The summed E-state index contributed by atoms with van der Waals surface area (Å²) in [5.74, 6) is -1.14. The van der Waals surface area contributed by atoms with E-state index in [0.717, 1.165) is 5.01 Å². The van der Waals surface area contributed by atoms with Gasteiger partial charge in [-0.2, -0.15) is 5.01 Å². The number of carbonyl (C=O) groups excluding carboxylic acids is 2. The predicted octanol–water partition coefficient (Wildman–Crippen LogP) is 4.97. The van der Waals surface area contributed by atoms with Crippen molar-refractivity contribution in [1.82, 2.24) is 10.4 Å². The lowest BCUT2D eigenvalue weighted by molar-refractivity contribution is 0.0939. The molecule has 166 valence electrons. The second kappa shape index (κ2) is 9.35. The monoisotopic (exact) mass is 445 g/mol. The Balaban J connectivity index is 1.91. The minimum atomic E-state index is -0.804. The number of pyridine rings is 1. The zero-order valence-corrected chi connectivity index (χ0v) is 17.9. The van der Waals surface area contributed by atoms with Gasteiger partial charge < -0.3 is 9.47 Å². The third-order valence-corrected chi connectivity index (χ3v) is 4.99. The molecule has 0 aliphatic rings. The van der Waals surface area contributed by atoms with Crippen molar-refractivity contribution in [1.29, 1.82) is 0 Å². The maximum absolute atomic E-state index is 14.8. The number of benzene rings is 3. The van der Waals surface area contributed by atoms with E-state index in [4.69, 9.17) is 9.47 Å². The lowest BCUT2D eigenvalue weighted by atomic mass is 10.0. The molecule has 33 heavy (non-hydrogen) atoms. The normalized spacial score (nSPS) is 10.5. The Hall–Kier alpha value is -4.46. The summed E-state index contributed by atoms with van der Waals surface area (Å²) in [6.07, 6.45) is -0.804. The fourth-order valence-electron chi connectivity index (χ4n) is 3.49. The molecule has 2 amide bonds. The van der Waals surface area contributed by atoms with Crippen molar-refractivity contribution in [3.8, 4) is 17.0 Å². The van der Waals surface area contributed by atoms with Gasteiger partial charge in [0.1, 0.15) is 17.0 Å². The average molecular weight is 445 g/mol. The van der Waals surface area contributed by atoms with E-state index < -0.39 is 17.8 Å². The van der Waals surface area contributed by atoms with Crippen molar-refractivity contribution >= 4 is 28.6 Å². The number of methoxy groups -OCH3 is 2. The first-order valence-corrected chi connectivity index (χ1v) is 10.0. The lowest BCUT2D eigenvalue weighted by Gasteiger charge is -2.23. The van der Waals surface area contributed by atoms with Crippen LogP contribution >= 0.6 is 0 Å². The van der Waals surface area contributed by atoms with Crippen LogP contribution < -0.4 is 15.2 Å². The van der Waals surface area contributed by atoms with Gasteiger partial charge in [0.15, 0.2) is 5.75 Å². The highest BCUT2D eigenvalue weighted by atomic mass is 19.1. The second-order valence-electron chi connectivity index (χ2n) is 6.95. The van der Waals surface area contributed by atoms with Gasteiger partial charge in [-0.25, -0.2) is 14.2 Å². The Bertz CT molecular complexity index is 1310. The standard InChI is InChI=1S/C25H20FN3O4/c1-32-23-20(24(30)28-29(25(31)33-2)17-12-7-4-8-13-17)18-14-9-15-19(26)22(18)27-21(23)16-10-5-3-6-11-16/h3-15H,1-2H3,(H,28,30). The minimum Gasteiger partial charge on any atom is -0.494 e. The molecule has 0 fully saturated rings. The summed E-state index contributed by atoms with van der Waals surface area (Å²) in [6.45, 7) is 0. The molecular formula is C25H20FN3O4. The van der Waals surface area contributed by atoms with Crippen LogP contribution in [0, 0.1) is 5.82 Å². The van der Waals surface area contributed by atoms with E-state index in [1.807, 2.05) is 6.07 Å². The van der Waals surface area contributed by atoms with E-state index in [2.05, 4.69) is 10.4 Å². The Labute approximate surface area is 189 Å². The zero-order chi connectivity index (χ0) is 23.4. The summed E-state index contributed by atoms with van der Waals surface area (Å²) >= 11 is 0. The third-order valence-electron chi connectivity index (χ3n) is 4.99. The molecule has 4 rings (SSSR count). The minimum absolute atomic E-state index is 0.00614. The van der Waals surface area contributed by atoms with Crippen LogP contribution in [0.15, 0.2) is 78.9 Å². The van der Waals surface area contributed by atoms with Crippen LogP contribution in [0.5, 0.6) is 5.75 Å². The highest BCUT2D eigenvalue weighted by Crippen LogP contribution is 2.37. The first-order chi connectivity index (χ1) is 16.0. The number of para-hydroxylation sites is 2. The molecule has 3 aromatic carbocycles. The van der Waals surface area contributed by atoms with Crippen LogP contribution in [0.2, 0.25) is 0 Å². The Morgan fingerprint density at radius 1 is 0.909 bits per heavy atom. The van der Waals surface area contributed by atoms with Crippen LogP contribution in [0.1, 0.15) is 10.4 Å². The van der Waals surface area contributed by atoms with E-state index in [1.165, 1.54) is 26.4 Å². The number of carbonyl (C=O) groups is 2. The maximum atomic E-state index is 14.8. The highest BCUT2D eigenvalue weighted by Gasteiger charge is 2.27. The van der Waals surface area contributed by atoms with Crippen LogP contribution in [0.3, 0.4) is 0 Å². The van der Waals surface area contributed by atoms with Crippen molar-refractivity contribution in [3.63, 3.8) is 0 Å². The van der Waals surface area contributed by atoms with Gasteiger partial charge in [0.05, 0.1) is 25.5 Å². The Morgan fingerprint density at radius 3 is 2.21 bits per heavy atom. The molecule has 0 aliphatic heterocycles. The smallest absolute Gasteiger partial charge is 0.433 e. The Morgan fingerprint density at radius 2 is 1.58 bits per heavy atom. The number of hydrazine groups is 1. The number of anilines is 1. The van der Waals surface area contributed by atoms with Gasteiger partial charge in [-0.1, -0.05) is 60.7 Å². The molecule has 0 radical (unpaired) electrons. The van der Waals surface area contributed by atoms with Crippen LogP contribution in [0.4, 0.5) is 14.9 Å². The summed E-state index contributed by atoms with van der Waals surface area (Å²) in [6, 6.07) is 21.8. The summed E-state index contributed by atoms with van der Waals surface area (Å²) in [5.41, 5.74) is 3.91. The Kier molecular flexibility index (Phi) is 6.17. The van der Waals surface area contributed by atoms with Crippen molar-refractivity contribution in [2.75, 3.05) is 19.2 Å². The van der Waals surface area contributed by atoms with E-state index in [-0.39, 0.29) is 22.2 Å². The number of nitrogens with zero attached hydrogens (tertiary/aromatic N) is 2. The molecule has 0 atom stereocenters. The molecule has 0 saturated carbocycles. The van der Waals surface area contributed by atoms with Gasteiger partial charge in [0.25, 0.3) is 5.91 Å². The predicted molar refractivity (Wildman–Crippen MR) is 122 cm³/mol. The van der Waals surface area contributed by atoms with E-state index >= 15 is 0 Å². The summed E-state index contributed by atoms with van der Waals surface area (Å²) in [5, 5.41) is 1.21. The molecule has 0 spiro atoms. The van der Waals surface area contributed by atoms with Crippen molar-refractivity contribution in [3.05, 3.63) is 90.2 Å². The molecule has 0 unspecified atom stereocenters. The SMILES string of the molecule is COC(=O)N(NC(=O)c1c(OC)c(-c2ccccc2)nc2c(F)cccc12)c1ccccc1. The molecule has 1 aromatic heterocycles. The summed E-state index contributed by atoms with van der Waals surface area (Å²) in [7, 11) is 2.61. The van der Waals surface area contributed by atoms with E-state index in [1.54, 1.807) is 60.7 Å². The number of hydrogen-bond acceptors (Lipinski definition) is 5. The number of halogens is 1. The van der Waals surface area contributed by atoms with Gasteiger partial charge in [0.2, 0.25) is 0 Å². The molecule has 4 aromatic rings. The topological polar surface area (TPSA) is 80.8 Å². The third kappa shape index (κ3) is 4.18. The van der Waals surface area contributed by atoms with E-state index in [9.17, 15) is 14.0 Å². The summed E-state index contributed by atoms with van der Waals surface area (Å²) < 4.78 is 25.2. The number of ether oxygens (including phenoxy) is 2. The average Bonchev–Trinajstić information content (AvgIpc) is 2.86. The van der Waals surface area contributed by atoms with Crippen molar-refractivity contribution < 1.29 is 23.5 Å². The maximum Gasteiger partial charge on any atom is 0.433 e. The first kappa shape index (κ1) is 21.8. The largest absolute Gasteiger partial charge is 0.494 e. The van der Waals surface area contributed by atoms with Gasteiger partial charge in [-0.15, -0.1) is 0 Å². The van der Waals surface area contributed by atoms with Crippen LogP contribution in [-0.2, 0) is 4.74 Å². The van der Waals surface area contributed by atoms with Gasteiger partial charge in [0, 0.05) is 10.9 Å². The first-order valence-electron chi connectivity index (χ1n) is 10.0. The number of fused-ring (bicyclic) bond motifs is 1. The molecule has 1 N–H and O–H groups in total. The quantitative estimate of drug-likeness (QED) is 0.449. The highest BCUT2D eigenvalue weighted by molar-refractivity contribution is 6.12. The molecule has 7 nitrogen and oxygen atoms in total. The molecule has 8 heteroatoms. The van der Waals surface area contributed by atoms with E-state index in [0.29, 0.717) is 16.9 Å². The second-order valence-corrected chi connectivity index (χ2v) is 6.95. The molecule has 1 heterocycles. The van der Waals surface area contributed by atoms with Crippen molar-refractivity contribution in [2.24, 2.45) is 0 Å². The molecule has 0 aliphatic carbocycles. The molecular weight excluding hydrogens is 425 g/mol. The van der Waals surface area contributed by atoms with Crippen molar-refractivity contribution in [2.45, 2.75) is 0 Å². The number of nitrogens with one attached hydrogen (secondary N) is 1. The van der Waals surface area contributed by atoms with Crippen LogP contribution in [-0.4, -0.2) is 31.2 Å². The number of rotatable bonds is 4. The van der Waals surface area contributed by atoms with Crippen LogP contribution in [0.25, 0.3) is 22.2 Å². The van der Waals surface area contributed by atoms with Gasteiger partial charge in [-0.3, -0.25) is 10.2 Å². The lowest BCUT2D eigenvalue weighted by Crippen LogP contribution is -2.46. The fraction of sp³-hybridized carbons (Fsp3) is 0.0800. The number of hydrogen-bond donors (Lipinski definition) is 1. The van der Waals surface area contributed by atoms with Gasteiger partial charge in [-0.05, 0) is 18.2 Å². The molecule has 0 bridgehead atoms. The summed E-state index contributed by atoms with van der Waals surface area (Å²) in [4.78, 5) is 30.4. The zero-order valence-electron chi connectivity index (χ0n) is 17.9. The van der Waals surface area contributed by atoms with Gasteiger partial charge >= 0.3 is 6.09 Å². The number of amides is 2. The fourth-order valence-corrected chi connectivity index (χ4v) is 3.49. The molecule has 0 saturated heterocycles.